The smallest absolute Gasteiger partial charge is 0.264 e. The number of amides is 1. The monoisotopic (exact) mass is 491 g/mol. The third-order valence-corrected chi connectivity index (χ3v) is 8.14. The highest BCUT2D eigenvalue weighted by atomic mass is 32.2. The van der Waals surface area contributed by atoms with Crippen molar-refractivity contribution in [2.75, 3.05) is 23.9 Å². The summed E-state index contributed by atoms with van der Waals surface area (Å²) in [5, 5.41) is 2.91. The summed E-state index contributed by atoms with van der Waals surface area (Å²) in [7, 11) is -3.92. The van der Waals surface area contributed by atoms with Gasteiger partial charge in [-0.15, -0.1) is 0 Å². The minimum absolute atomic E-state index is 0.161. The Kier molecular flexibility index (Phi) is 7.88. The highest BCUT2D eigenvalue weighted by molar-refractivity contribution is 7.92. The number of nitrogens with zero attached hydrogens (tertiary/aromatic N) is 2. The summed E-state index contributed by atoms with van der Waals surface area (Å²) in [6.45, 7) is 6.97. The average molecular weight is 492 g/mol. The normalized spacial score (nSPS) is 14.1. The van der Waals surface area contributed by atoms with Crippen molar-refractivity contribution in [1.82, 2.24) is 10.2 Å². The molecule has 1 heterocycles. The number of hydrogen-bond donors (Lipinski definition) is 1. The van der Waals surface area contributed by atoms with Gasteiger partial charge in [-0.05, 0) is 74.7 Å². The van der Waals surface area contributed by atoms with Crippen LogP contribution >= 0.6 is 0 Å². The summed E-state index contributed by atoms with van der Waals surface area (Å²) < 4.78 is 28.3. The van der Waals surface area contributed by atoms with E-state index in [1.807, 2.05) is 38.1 Å². The van der Waals surface area contributed by atoms with E-state index in [0.717, 1.165) is 36.3 Å². The number of carbonyl (C=O) groups is 1. The maximum Gasteiger partial charge on any atom is 0.264 e. The van der Waals surface area contributed by atoms with E-state index in [1.54, 1.807) is 36.4 Å². The van der Waals surface area contributed by atoms with Gasteiger partial charge in [-0.2, -0.15) is 0 Å². The third-order valence-electron chi connectivity index (χ3n) is 6.37. The number of sulfonamides is 1. The Hall–Kier alpha value is -3.16. The molecule has 1 saturated heterocycles. The van der Waals surface area contributed by atoms with E-state index < -0.39 is 10.0 Å². The van der Waals surface area contributed by atoms with Gasteiger partial charge in [0.2, 0.25) is 5.91 Å². The van der Waals surface area contributed by atoms with Gasteiger partial charge >= 0.3 is 0 Å². The molecule has 0 radical (unpaired) electrons. The van der Waals surface area contributed by atoms with Crippen molar-refractivity contribution in [2.45, 2.75) is 44.7 Å². The van der Waals surface area contributed by atoms with Crippen molar-refractivity contribution in [3.63, 3.8) is 0 Å². The van der Waals surface area contributed by atoms with Crippen molar-refractivity contribution in [3.05, 3.63) is 95.1 Å². The number of para-hydroxylation sites is 1. The average Bonchev–Trinajstić information content (AvgIpc) is 3.35. The number of rotatable bonds is 9. The molecule has 7 heteroatoms. The number of nitrogens with one attached hydrogen (secondary N) is 1. The van der Waals surface area contributed by atoms with Crippen LogP contribution in [-0.4, -0.2) is 38.9 Å². The van der Waals surface area contributed by atoms with Crippen LogP contribution in [0, 0.1) is 13.8 Å². The zero-order valence-electron chi connectivity index (χ0n) is 20.4. The molecular weight excluding hydrogens is 458 g/mol. The van der Waals surface area contributed by atoms with Crippen molar-refractivity contribution in [3.8, 4) is 0 Å². The summed E-state index contributed by atoms with van der Waals surface area (Å²) in [5.41, 5.74) is 4.47. The third kappa shape index (κ3) is 6.29. The summed E-state index contributed by atoms with van der Waals surface area (Å²) in [5.74, 6) is -0.353. The molecule has 0 aliphatic carbocycles. The molecule has 184 valence electrons. The van der Waals surface area contributed by atoms with Crippen LogP contribution in [0.4, 0.5) is 5.69 Å². The Morgan fingerprint density at radius 3 is 2.31 bits per heavy atom. The summed E-state index contributed by atoms with van der Waals surface area (Å²) in [6.07, 6.45) is 2.50. The van der Waals surface area contributed by atoms with Crippen LogP contribution < -0.4 is 9.62 Å². The molecular formula is C28H33N3O3S. The molecule has 1 amide bonds. The van der Waals surface area contributed by atoms with Crippen LogP contribution in [-0.2, 0) is 27.9 Å². The van der Waals surface area contributed by atoms with E-state index in [9.17, 15) is 13.2 Å². The number of carbonyl (C=O) groups excluding carboxylic acids is 1. The Bertz CT molecular complexity index is 1270. The quantitative estimate of drug-likeness (QED) is 0.481. The molecule has 0 atom stereocenters. The van der Waals surface area contributed by atoms with Crippen LogP contribution in [0.5, 0.6) is 0 Å². The van der Waals surface area contributed by atoms with Crippen LogP contribution in [0.25, 0.3) is 0 Å². The number of benzene rings is 3. The lowest BCUT2D eigenvalue weighted by molar-refractivity contribution is -0.119. The second-order valence-corrected chi connectivity index (χ2v) is 11.1. The second kappa shape index (κ2) is 11.1. The van der Waals surface area contributed by atoms with Gasteiger partial charge in [0.15, 0.2) is 0 Å². The highest BCUT2D eigenvalue weighted by Crippen LogP contribution is 2.26. The number of hydrogen-bond acceptors (Lipinski definition) is 4. The van der Waals surface area contributed by atoms with E-state index in [4.69, 9.17) is 0 Å². The minimum Gasteiger partial charge on any atom is -0.350 e. The molecule has 0 unspecified atom stereocenters. The Balaban J connectivity index is 1.49. The van der Waals surface area contributed by atoms with E-state index in [1.165, 1.54) is 22.7 Å². The molecule has 0 saturated carbocycles. The first-order valence-electron chi connectivity index (χ1n) is 12.0. The van der Waals surface area contributed by atoms with Crippen molar-refractivity contribution in [1.29, 1.82) is 0 Å². The van der Waals surface area contributed by atoms with Gasteiger partial charge in [0.05, 0.1) is 10.6 Å². The number of likely N-dealkylation sites (tertiary alicyclic amines) is 1. The van der Waals surface area contributed by atoms with Gasteiger partial charge in [-0.1, -0.05) is 60.2 Å². The van der Waals surface area contributed by atoms with Gasteiger partial charge in [0.1, 0.15) is 6.54 Å². The minimum atomic E-state index is -3.92. The van der Waals surface area contributed by atoms with Gasteiger partial charge in [0.25, 0.3) is 10.0 Å². The predicted molar refractivity (Wildman–Crippen MR) is 140 cm³/mol. The lowest BCUT2D eigenvalue weighted by Gasteiger charge is -2.25. The summed E-state index contributed by atoms with van der Waals surface area (Å²) in [4.78, 5) is 15.6. The lowest BCUT2D eigenvalue weighted by atomic mass is 10.1. The predicted octanol–water partition coefficient (Wildman–Crippen LogP) is 4.41. The van der Waals surface area contributed by atoms with E-state index in [2.05, 4.69) is 22.3 Å². The van der Waals surface area contributed by atoms with Crippen LogP contribution in [0.15, 0.2) is 77.7 Å². The summed E-state index contributed by atoms with van der Waals surface area (Å²) in [6, 6.07) is 22.1. The fourth-order valence-electron chi connectivity index (χ4n) is 4.40. The molecule has 3 aromatic carbocycles. The Morgan fingerprint density at radius 2 is 1.60 bits per heavy atom. The van der Waals surface area contributed by atoms with Gasteiger partial charge in [-0.3, -0.25) is 14.0 Å². The SMILES string of the molecule is Cc1ccc(S(=O)(=O)N(CC(=O)NCc2cccc(CN3CCCC3)c2)c2ccccc2C)cc1. The molecule has 1 N–H and O–H groups in total. The Labute approximate surface area is 208 Å². The molecule has 1 aliphatic heterocycles. The Morgan fingerprint density at radius 1 is 0.914 bits per heavy atom. The molecule has 0 bridgehead atoms. The topological polar surface area (TPSA) is 69.7 Å². The highest BCUT2D eigenvalue weighted by Gasteiger charge is 2.28. The first kappa shape index (κ1) is 24.9. The standard InChI is InChI=1S/C28H33N3O3S/c1-22-12-14-26(15-13-22)35(33,34)31(27-11-4-3-8-23(27)2)21-28(32)29-19-24-9-7-10-25(18-24)20-30-16-5-6-17-30/h3-4,7-15,18H,5-6,16-17,19-21H2,1-2H3,(H,29,32). The summed E-state index contributed by atoms with van der Waals surface area (Å²) >= 11 is 0. The first-order valence-corrected chi connectivity index (χ1v) is 13.5. The van der Waals surface area contributed by atoms with Crippen molar-refractivity contribution in [2.24, 2.45) is 0 Å². The van der Waals surface area contributed by atoms with Crippen LogP contribution in [0.3, 0.4) is 0 Å². The molecule has 6 nitrogen and oxygen atoms in total. The van der Waals surface area contributed by atoms with Crippen molar-refractivity contribution >= 4 is 21.6 Å². The molecule has 0 aromatic heterocycles. The largest absolute Gasteiger partial charge is 0.350 e. The van der Waals surface area contributed by atoms with Crippen molar-refractivity contribution < 1.29 is 13.2 Å². The zero-order chi connectivity index (χ0) is 24.8. The van der Waals surface area contributed by atoms with Crippen LogP contribution in [0.2, 0.25) is 0 Å². The van der Waals surface area contributed by atoms with Crippen LogP contribution in [0.1, 0.15) is 35.1 Å². The van der Waals surface area contributed by atoms with E-state index in [-0.39, 0.29) is 17.3 Å². The second-order valence-electron chi connectivity index (χ2n) is 9.19. The fraction of sp³-hybridized carbons (Fsp3) is 0.321. The number of aryl methyl sites for hydroxylation is 2. The molecule has 0 spiro atoms. The van der Waals surface area contributed by atoms with E-state index >= 15 is 0 Å². The van der Waals surface area contributed by atoms with Gasteiger partial charge < -0.3 is 5.32 Å². The first-order chi connectivity index (χ1) is 16.8. The van der Waals surface area contributed by atoms with E-state index in [0.29, 0.717) is 12.2 Å². The molecule has 4 rings (SSSR count). The molecule has 35 heavy (non-hydrogen) atoms. The zero-order valence-corrected chi connectivity index (χ0v) is 21.2. The fourth-order valence-corrected chi connectivity index (χ4v) is 5.89. The number of anilines is 1. The molecule has 1 fully saturated rings. The molecule has 1 aliphatic rings. The maximum absolute atomic E-state index is 13.6. The maximum atomic E-state index is 13.6. The molecule has 3 aromatic rings. The van der Waals surface area contributed by atoms with Gasteiger partial charge in [-0.25, -0.2) is 8.42 Å². The lowest BCUT2D eigenvalue weighted by Crippen LogP contribution is -2.41. The van der Waals surface area contributed by atoms with Gasteiger partial charge in [0, 0.05) is 13.1 Å².